The lowest BCUT2D eigenvalue weighted by Gasteiger charge is -2.39. The molecule has 12 heteroatoms. The molecule has 0 bridgehead atoms. The summed E-state index contributed by atoms with van der Waals surface area (Å²) in [6.45, 7) is 0.904. The van der Waals surface area contributed by atoms with E-state index in [4.69, 9.17) is 18.4 Å². The van der Waals surface area contributed by atoms with Gasteiger partial charge < -0.3 is 29.2 Å². The molecule has 1 aromatic heterocycles. The molecular formula is C16H18O11S. The van der Waals surface area contributed by atoms with Gasteiger partial charge in [0.25, 0.3) is 0 Å². The normalized spacial score (nSPS) is 28.4. The highest BCUT2D eigenvalue weighted by molar-refractivity contribution is 7.80. The highest BCUT2D eigenvalue weighted by Crippen LogP contribution is 2.27. The average molecular weight is 418 g/mol. The summed E-state index contributed by atoms with van der Waals surface area (Å²) < 4.78 is 50.0. The Labute approximate surface area is 158 Å². The summed E-state index contributed by atoms with van der Waals surface area (Å²) in [7, 11) is -4.80. The number of aliphatic hydroxyl groups excluding tert-OH is 3. The molecule has 1 aromatic carbocycles. The summed E-state index contributed by atoms with van der Waals surface area (Å²) in [5, 5.41) is 30.6. The predicted molar refractivity (Wildman–Crippen MR) is 92.0 cm³/mol. The van der Waals surface area contributed by atoms with Crippen LogP contribution in [0.3, 0.4) is 0 Å². The van der Waals surface area contributed by atoms with Gasteiger partial charge in [0, 0.05) is 17.5 Å². The molecular weight excluding hydrogens is 400 g/mol. The largest absolute Gasteiger partial charge is 0.462 e. The van der Waals surface area contributed by atoms with Crippen LogP contribution in [0, 0.1) is 6.92 Å². The number of aryl methyl sites for hydroxylation is 1. The number of benzene rings is 1. The van der Waals surface area contributed by atoms with Crippen molar-refractivity contribution in [3.63, 3.8) is 0 Å². The van der Waals surface area contributed by atoms with Crippen LogP contribution in [0.4, 0.5) is 0 Å². The van der Waals surface area contributed by atoms with E-state index in [1.54, 1.807) is 13.0 Å². The molecule has 11 nitrogen and oxygen atoms in total. The quantitative estimate of drug-likeness (QED) is 0.350. The summed E-state index contributed by atoms with van der Waals surface area (Å²) in [6.07, 6.45) is -8.06. The number of ether oxygens (including phenoxy) is 2. The Morgan fingerprint density at radius 1 is 1.11 bits per heavy atom. The van der Waals surface area contributed by atoms with Crippen molar-refractivity contribution in [1.29, 1.82) is 0 Å². The third kappa shape index (κ3) is 4.50. The van der Waals surface area contributed by atoms with Crippen LogP contribution in [0.2, 0.25) is 0 Å². The topological polar surface area (TPSA) is 173 Å². The summed E-state index contributed by atoms with van der Waals surface area (Å²) in [6, 6.07) is 5.82. The third-order valence-electron chi connectivity index (χ3n) is 4.22. The Morgan fingerprint density at radius 3 is 2.50 bits per heavy atom. The van der Waals surface area contributed by atoms with E-state index in [9.17, 15) is 28.5 Å². The average Bonchev–Trinajstić information content (AvgIpc) is 2.60. The molecule has 28 heavy (non-hydrogen) atoms. The van der Waals surface area contributed by atoms with E-state index in [0.29, 0.717) is 10.9 Å². The zero-order valence-electron chi connectivity index (χ0n) is 14.5. The van der Waals surface area contributed by atoms with Gasteiger partial charge in [0.15, 0.2) is 0 Å². The Bertz CT molecular complexity index is 1010. The molecule has 0 saturated carbocycles. The monoisotopic (exact) mass is 418 g/mol. The minimum absolute atomic E-state index is 0.114. The number of hydrogen-bond donors (Lipinski definition) is 4. The van der Waals surface area contributed by atoms with Crippen LogP contribution in [0.1, 0.15) is 5.56 Å². The molecule has 0 unspecified atom stereocenters. The maximum Gasteiger partial charge on any atom is 0.397 e. The molecule has 2 heterocycles. The maximum absolute atomic E-state index is 11.5. The zero-order chi connectivity index (χ0) is 20.6. The second kappa shape index (κ2) is 7.75. The summed E-state index contributed by atoms with van der Waals surface area (Å²) >= 11 is 0. The van der Waals surface area contributed by atoms with Gasteiger partial charge in [-0.2, -0.15) is 8.42 Å². The molecule has 0 aliphatic carbocycles. The van der Waals surface area contributed by atoms with Crippen LogP contribution in [0.5, 0.6) is 5.75 Å². The van der Waals surface area contributed by atoms with Gasteiger partial charge in [0.1, 0.15) is 35.7 Å². The molecule has 1 fully saturated rings. The zero-order valence-corrected chi connectivity index (χ0v) is 15.3. The minimum atomic E-state index is -4.80. The first-order valence-corrected chi connectivity index (χ1v) is 9.44. The van der Waals surface area contributed by atoms with E-state index < -0.39 is 53.3 Å². The number of fused-ring (bicyclic) bond motifs is 1. The first-order chi connectivity index (χ1) is 13.0. The van der Waals surface area contributed by atoms with E-state index in [1.807, 2.05) is 0 Å². The second-order valence-corrected chi connectivity index (χ2v) is 7.34. The molecule has 4 N–H and O–H groups in total. The predicted octanol–water partition coefficient (Wildman–Crippen LogP) is -0.893. The molecule has 5 atom stereocenters. The maximum atomic E-state index is 11.5. The molecule has 3 rings (SSSR count). The van der Waals surface area contributed by atoms with Crippen molar-refractivity contribution in [2.45, 2.75) is 37.6 Å². The summed E-state index contributed by atoms with van der Waals surface area (Å²) in [5.74, 6) is 0.114. The fourth-order valence-corrected chi connectivity index (χ4v) is 3.12. The van der Waals surface area contributed by atoms with Gasteiger partial charge in [-0.15, -0.1) is 0 Å². The number of rotatable bonds is 5. The fraction of sp³-hybridized carbons (Fsp3) is 0.438. The second-order valence-electron chi connectivity index (χ2n) is 6.25. The van der Waals surface area contributed by atoms with E-state index in [1.165, 1.54) is 18.2 Å². The number of aliphatic hydroxyl groups is 3. The van der Waals surface area contributed by atoms with Gasteiger partial charge in [0.2, 0.25) is 6.29 Å². The van der Waals surface area contributed by atoms with Crippen molar-refractivity contribution in [2.75, 3.05) is 6.61 Å². The lowest BCUT2D eigenvalue weighted by molar-refractivity contribution is -0.276. The highest BCUT2D eigenvalue weighted by atomic mass is 32.3. The van der Waals surface area contributed by atoms with E-state index in [0.717, 1.165) is 0 Å². The molecule has 2 aromatic rings. The van der Waals surface area contributed by atoms with Crippen LogP contribution in [-0.4, -0.2) is 65.6 Å². The number of hydrogen-bond acceptors (Lipinski definition) is 10. The SMILES string of the molecule is Cc1cc(=O)oc2cc(O[C@H]3O[C@H](COS(=O)(=O)O)[C@@H](O)[C@H](O)[C@@H]3O)ccc12. The van der Waals surface area contributed by atoms with Crippen LogP contribution in [-0.2, 0) is 19.3 Å². The Balaban J connectivity index is 1.81. The molecule has 0 spiro atoms. The van der Waals surface area contributed by atoms with Gasteiger partial charge in [-0.3, -0.25) is 4.55 Å². The van der Waals surface area contributed by atoms with Gasteiger partial charge >= 0.3 is 16.0 Å². The van der Waals surface area contributed by atoms with Crippen molar-refractivity contribution >= 4 is 21.4 Å². The molecule has 1 aliphatic heterocycles. The van der Waals surface area contributed by atoms with Crippen LogP contribution in [0.25, 0.3) is 11.0 Å². The summed E-state index contributed by atoms with van der Waals surface area (Å²) in [4.78, 5) is 11.5. The Kier molecular flexibility index (Phi) is 5.72. The molecule has 1 saturated heterocycles. The molecule has 154 valence electrons. The van der Waals surface area contributed by atoms with Crippen molar-refractivity contribution in [1.82, 2.24) is 0 Å². The van der Waals surface area contributed by atoms with Crippen molar-refractivity contribution < 1.29 is 46.4 Å². The molecule has 0 amide bonds. The van der Waals surface area contributed by atoms with Crippen molar-refractivity contribution in [2.24, 2.45) is 0 Å². The van der Waals surface area contributed by atoms with E-state index in [-0.39, 0.29) is 11.3 Å². The molecule has 0 radical (unpaired) electrons. The Morgan fingerprint density at radius 2 is 1.82 bits per heavy atom. The standard InChI is InChI=1S/C16H18O11S/c1-7-4-12(17)26-10-5-8(2-3-9(7)10)25-16-15(20)14(19)13(18)11(27-16)6-24-28(21,22)23/h2-5,11,13-16,18-20H,6H2,1H3,(H,21,22,23)/t11-,13-,14+,15+,16+/m1/s1. The fourth-order valence-electron chi connectivity index (χ4n) is 2.82. The minimum Gasteiger partial charge on any atom is -0.462 e. The van der Waals surface area contributed by atoms with Gasteiger partial charge in [-0.25, -0.2) is 8.98 Å². The molecule has 1 aliphatic rings. The van der Waals surface area contributed by atoms with E-state index in [2.05, 4.69) is 4.18 Å². The van der Waals surface area contributed by atoms with E-state index >= 15 is 0 Å². The Hall–Kier alpha value is -2.06. The van der Waals surface area contributed by atoms with Crippen molar-refractivity contribution in [3.05, 3.63) is 40.2 Å². The third-order valence-corrected chi connectivity index (χ3v) is 4.66. The first-order valence-electron chi connectivity index (χ1n) is 8.08. The van der Waals surface area contributed by atoms with Crippen LogP contribution >= 0.6 is 0 Å². The van der Waals surface area contributed by atoms with Gasteiger partial charge in [-0.05, 0) is 24.6 Å². The summed E-state index contributed by atoms with van der Waals surface area (Å²) in [5.41, 5.74) is 0.351. The lowest BCUT2D eigenvalue weighted by Crippen LogP contribution is -2.60. The highest BCUT2D eigenvalue weighted by Gasteiger charge is 2.45. The van der Waals surface area contributed by atoms with Crippen LogP contribution < -0.4 is 10.4 Å². The first kappa shape index (κ1) is 20.7. The smallest absolute Gasteiger partial charge is 0.397 e. The van der Waals surface area contributed by atoms with Gasteiger partial charge in [0.05, 0.1) is 6.61 Å². The lowest BCUT2D eigenvalue weighted by atomic mass is 9.99. The van der Waals surface area contributed by atoms with Crippen molar-refractivity contribution in [3.8, 4) is 5.75 Å². The van der Waals surface area contributed by atoms with Crippen LogP contribution in [0.15, 0.2) is 33.5 Å². The van der Waals surface area contributed by atoms with Gasteiger partial charge in [-0.1, -0.05) is 0 Å².